The average molecular weight is 297 g/mol. The number of benzene rings is 1. The number of rotatable bonds is 4. The molecule has 0 fully saturated rings. The third-order valence-electron chi connectivity index (χ3n) is 3.69. The summed E-state index contributed by atoms with van der Waals surface area (Å²) in [5.41, 5.74) is 2.63. The van der Waals surface area contributed by atoms with Gasteiger partial charge >= 0.3 is 0 Å². The fraction of sp³-hybridized carbons (Fsp3) is 0.294. The first-order chi connectivity index (χ1) is 10.1. The summed E-state index contributed by atoms with van der Waals surface area (Å²) < 4.78 is 0. The molecule has 0 saturated carbocycles. The molecule has 0 bridgehead atoms. The Hall–Kier alpha value is -1.94. The highest BCUT2D eigenvalue weighted by atomic mass is 32.1. The molecule has 0 spiro atoms. The van der Waals surface area contributed by atoms with Gasteiger partial charge in [-0.15, -0.1) is 11.3 Å². The minimum absolute atomic E-state index is 0.825. The van der Waals surface area contributed by atoms with Gasteiger partial charge in [-0.25, -0.2) is 9.97 Å². The van der Waals surface area contributed by atoms with Crippen LogP contribution in [0, 0.1) is 20.8 Å². The van der Waals surface area contributed by atoms with Gasteiger partial charge in [0.25, 0.3) is 0 Å². The van der Waals surface area contributed by atoms with Crippen LogP contribution in [0.15, 0.2) is 30.3 Å². The summed E-state index contributed by atoms with van der Waals surface area (Å²) in [6, 6.07) is 10.5. The standard InChI is InChI=1S/C17H19N3S/c1-11-12(2)21-17-15(11)16(19-13(3)20-17)18-10-9-14-7-5-4-6-8-14/h4-8H,9-10H2,1-3H3,(H,18,19,20). The number of hydrogen-bond donors (Lipinski definition) is 1. The Kier molecular flexibility index (Phi) is 3.88. The molecule has 0 radical (unpaired) electrons. The maximum Gasteiger partial charge on any atom is 0.138 e. The normalized spacial score (nSPS) is 11.0. The van der Waals surface area contributed by atoms with Gasteiger partial charge in [0.05, 0.1) is 5.39 Å². The van der Waals surface area contributed by atoms with Crippen LogP contribution in [0.25, 0.3) is 10.2 Å². The van der Waals surface area contributed by atoms with Crippen molar-refractivity contribution in [2.24, 2.45) is 0 Å². The van der Waals surface area contributed by atoms with Gasteiger partial charge in [0.1, 0.15) is 16.5 Å². The Morgan fingerprint density at radius 3 is 2.57 bits per heavy atom. The van der Waals surface area contributed by atoms with E-state index in [0.717, 1.165) is 29.4 Å². The van der Waals surface area contributed by atoms with Crippen LogP contribution < -0.4 is 5.32 Å². The van der Waals surface area contributed by atoms with Crippen LogP contribution in [0.2, 0.25) is 0 Å². The minimum atomic E-state index is 0.825. The van der Waals surface area contributed by atoms with Crippen molar-refractivity contribution in [1.29, 1.82) is 0 Å². The number of anilines is 1. The molecule has 2 aromatic heterocycles. The number of hydrogen-bond acceptors (Lipinski definition) is 4. The third kappa shape index (κ3) is 2.90. The quantitative estimate of drug-likeness (QED) is 0.781. The molecule has 0 unspecified atom stereocenters. The molecule has 21 heavy (non-hydrogen) atoms. The minimum Gasteiger partial charge on any atom is -0.369 e. The van der Waals surface area contributed by atoms with Crippen molar-refractivity contribution >= 4 is 27.4 Å². The molecule has 0 aliphatic rings. The van der Waals surface area contributed by atoms with Crippen molar-refractivity contribution in [2.75, 3.05) is 11.9 Å². The molecule has 108 valence electrons. The topological polar surface area (TPSA) is 37.8 Å². The van der Waals surface area contributed by atoms with Crippen LogP contribution in [-0.4, -0.2) is 16.5 Å². The number of aryl methyl sites for hydroxylation is 3. The largest absolute Gasteiger partial charge is 0.369 e. The van der Waals surface area contributed by atoms with Gasteiger partial charge in [0.15, 0.2) is 0 Å². The van der Waals surface area contributed by atoms with E-state index in [4.69, 9.17) is 0 Å². The van der Waals surface area contributed by atoms with E-state index in [1.165, 1.54) is 21.4 Å². The predicted molar refractivity (Wildman–Crippen MR) is 90.3 cm³/mol. The van der Waals surface area contributed by atoms with Crippen molar-refractivity contribution in [1.82, 2.24) is 9.97 Å². The summed E-state index contributed by atoms with van der Waals surface area (Å²) in [4.78, 5) is 11.5. The second-order valence-corrected chi connectivity index (χ2v) is 6.45. The smallest absolute Gasteiger partial charge is 0.138 e. The molecule has 0 atom stereocenters. The van der Waals surface area contributed by atoms with E-state index >= 15 is 0 Å². The number of aromatic nitrogens is 2. The van der Waals surface area contributed by atoms with Gasteiger partial charge in [-0.1, -0.05) is 30.3 Å². The maximum atomic E-state index is 4.59. The van der Waals surface area contributed by atoms with Crippen LogP contribution >= 0.6 is 11.3 Å². The van der Waals surface area contributed by atoms with Gasteiger partial charge in [-0.05, 0) is 38.3 Å². The van der Waals surface area contributed by atoms with E-state index in [1.54, 1.807) is 11.3 Å². The lowest BCUT2D eigenvalue weighted by molar-refractivity contribution is 0.995. The molecule has 0 aliphatic carbocycles. The number of nitrogens with zero attached hydrogens (tertiary/aromatic N) is 2. The zero-order valence-electron chi connectivity index (χ0n) is 12.6. The van der Waals surface area contributed by atoms with Crippen LogP contribution in [0.5, 0.6) is 0 Å². The van der Waals surface area contributed by atoms with Gasteiger partial charge in [-0.3, -0.25) is 0 Å². The van der Waals surface area contributed by atoms with Crippen molar-refractivity contribution in [3.63, 3.8) is 0 Å². The Balaban J connectivity index is 1.83. The van der Waals surface area contributed by atoms with E-state index in [2.05, 4.69) is 53.4 Å². The fourth-order valence-corrected chi connectivity index (χ4v) is 3.53. The van der Waals surface area contributed by atoms with E-state index < -0.39 is 0 Å². The van der Waals surface area contributed by atoms with Crippen molar-refractivity contribution < 1.29 is 0 Å². The Labute approximate surface area is 129 Å². The summed E-state index contributed by atoms with van der Waals surface area (Å²) in [6.07, 6.45) is 0.994. The molecule has 3 aromatic rings. The Bertz CT molecular complexity index is 763. The number of nitrogens with one attached hydrogen (secondary N) is 1. The van der Waals surface area contributed by atoms with Crippen LogP contribution in [0.3, 0.4) is 0 Å². The predicted octanol–water partition coefficient (Wildman–Crippen LogP) is 4.27. The highest BCUT2D eigenvalue weighted by Crippen LogP contribution is 2.33. The first-order valence-corrected chi connectivity index (χ1v) is 7.99. The van der Waals surface area contributed by atoms with Crippen molar-refractivity contribution in [3.8, 4) is 0 Å². The summed E-state index contributed by atoms with van der Waals surface area (Å²) in [5, 5.41) is 4.66. The molecular weight excluding hydrogens is 278 g/mol. The van der Waals surface area contributed by atoms with Gasteiger partial charge in [0, 0.05) is 11.4 Å². The van der Waals surface area contributed by atoms with Crippen LogP contribution in [0.4, 0.5) is 5.82 Å². The zero-order chi connectivity index (χ0) is 14.8. The molecule has 0 amide bonds. The first kappa shape index (κ1) is 14.0. The molecular formula is C17H19N3S. The molecule has 2 heterocycles. The van der Waals surface area contributed by atoms with E-state index in [-0.39, 0.29) is 0 Å². The Morgan fingerprint density at radius 1 is 1.05 bits per heavy atom. The van der Waals surface area contributed by atoms with Gasteiger partial charge in [0.2, 0.25) is 0 Å². The second-order valence-electron chi connectivity index (χ2n) is 5.25. The van der Waals surface area contributed by atoms with Crippen LogP contribution in [-0.2, 0) is 6.42 Å². The zero-order valence-corrected chi connectivity index (χ0v) is 13.4. The molecule has 4 heteroatoms. The van der Waals surface area contributed by atoms with E-state index in [1.807, 2.05) is 13.0 Å². The van der Waals surface area contributed by atoms with Crippen molar-refractivity contribution in [2.45, 2.75) is 27.2 Å². The molecule has 1 aromatic carbocycles. The molecule has 3 rings (SSSR count). The number of fused-ring (bicyclic) bond motifs is 1. The molecule has 0 saturated heterocycles. The highest BCUT2D eigenvalue weighted by molar-refractivity contribution is 7.18. The molecule has 1 N–H and O–H groups in total. The summed E-state index contributed by atoms with van der Waals surface area (Å²) in [7, 11) is 0. The SMILES string of the molecule is Cc1nc(NCCc2ccccc2)c2c(C)c(C)sc2n1. The number of thiophene rings is 1. The first-order valence-electron chi connectivity index (χ1n) is 7.17. The van der Waals surface area contributed by atoms with Crippen molar-refractivity contribution in [3.05, 3.63) is 52.2 Å². The van der Waals surface area contributed by atoms with Gasteiger partial charge in [-0.2, -0.15) is 0 Å². The van der Waals surface area contributed by atoms with Gasteiger partial charge < -0.3 is 5.32 Å². The van der Waals surface area contributed by atoms with E-state index in [0.29, 0.717) is 0 Å². The highest BCUT2D eigenvalue weighted by Gasteiger charge is 2.12. The summed E-state index contributed by atoms with van der Waals surface area (Å²) in [5.74, 6) is 1.79. The molecule has 3 nitrogen and oxygen atoms in total. The monoisotopic (exact) mass is 297 g/mol. The van der Waals surface area contributed by atoms with Crippen LogP contribution in [0.1, 0.15) is 21.8 Å². The van der Waals surface area contributed by atoms with E-state index in [9.17, 15) is 0 Å². The summed E-state index contributed by atoms with van der Waals surface area (Å²) >= 11 is 1.75. The lowest BCUT2D eigenvalue weighted by Gasteiger charge is -2.08. The Morgan fingerprint density at radius 2 is 1.81 bits per heavy atom. The second kappa shape index (κ2) is 5.82. The average Bonchev–Trinajstić information content (AvgIpc) is 2.75. The third-order valence-corrected chi connectivity index (χ3v) is 4.79. The lowest BCUT2D eigenvalue weighted by atomic mass is 10.1. The lowest BCUT2D eigenvalue weighted by Crippen LogP contribution is -2.08. The summed E-state index contributed by atoms with van der Waals surface area (Å²) in [6.45, 7) is 7.12. The maximum absolute atomic E-state index is 4.59. The molecule has 0 aliphatic heterocycles. The fourth-order valence-electron chi connectivity index (χ4n) is 2.45.